The Bertz CT molecular complexity index is 1240. The molecule has 0 amide bonds. The Morgan fingerprint density at radius 2 is 1.10 bits per heavy atom. The fraction of sp³-hybridized carbons (Fsp3) is 0.300. The highest BCUT2D eigenvalue weighted by molar-refractivity contribution is 7.14. The Morgan fingerprint density at radius 3 is 1.47 bits per heavy atom. The van der Waals surface area contributed by atoms with Crippen LogP contribution in [0.5, 0.6) is 0 Å². The summed E-state index contributed by atoms with van der Waals surface area (Å²) in [5.41, 5.74) is -0.341. The summed E-state index contributed by atoms with van der Waals surface area (Å²) in [7, 11) is 0. The first-order valence-corrected chi connectivity index (χ1v) is 11.1. The minimum Gasteiger partial charge on any atom is -0.282 e. The van der Waals surface area contributed by atoms with E-state index in [2.05, 4.69) is 9.80 Å². The zero-order valence-corrected chi connectivity index (χ0v) is 17.5. The van der Waals surface area contributed by atoms with Gasteiger partial charge in [-0.2, -0.15) is 0 Å². The summed E-state index contributed by atoms with van der Waals surface area (Å²) >= 11 is 2.30. The molecule has 2 aromatic carbocycles. The maximum atomic E-state index is 13.9. The van der Waals surface area contributed by atoms with E-state index in [-0.39, 0.29) is 22.8 Å². The van der Waals surface area contributed by atoms with Crippen molar-refractivity contribution >= 4 is 43.2 Å². The van der Waals surface area contributed by atoms with Crippen LogP contribution in [0.25, 0.3) is 20.2 Å². The molecule has 30 heavy (non-hydrogen) atoms. The second-order valence-corrected chi connectivity index (χ2v) is 9.37. The predicted molar refractivity (Wildman–Crippen MR) is 115 cm³/mol. The summed E-state index contributed by atoms with van der Waals surface area (Å²) in [6.07, 6.45) is 0. The normalized spacial score (nSPS) is 16.1. The molecule has 0 unspecified atom stereocenters. The van der Waals surface area contributed by atoms with E-state index in [0.717, 1.165) is 49.2 Å². The first-order valence-electron chi connectivity index (χ1n) is 9.52. The highest BCUT2D eigenvalue weighted by Gasteiger charge is 2.21. The van der Waals surface area contributed by atoms with Gasteiger partial charge in [0, 0.05) is 26.2 Å². The molecule has 4 aromatic rings. The Balaban J connectivity index is 1.26. The van der Waals surface area contributed by atoms with Crippen LogP contribution < -0.4 is 11.1 Å². The third-order valence-electron chi connectivity index (χ3n) is 5.37. The molecule has 2 aromatic heterocycles. The molecule has 6 nitrogen and oxygen atoms in total. The third kappa shape index (κ3) is 3.39. The zero-order chi connectivity index (χ0) is 20.8. The largest absolute Gasteiger partial charge is 0.282 e. The number of rotatable bonds is 4. The summed E-state index contributed by atoms with van der Waals surface area (Å²) in [4.78, 5) is 29.3. The molecular formula is C20H18F2N4O2S2. The SMILES string of the molecule is O=c1c2cccc(F)c2sn1CN1CCN(Cn2sc3c(F)cccc3c2=O)CC1. The van der Waals surface area contributed by atoms with Crippen LogP contribution in [-0.2, 0) is 13.3 Å². The monoisotopic (exact) mass is 448 g/mol. The van der Waals surface area contributed by atoms with Crippen LogP contribution in [0.15, 0.2) is 46.0 Å². The van der Waals surface area contributed by atoms with Crippen LogP contribution in [0.3, 0.4) is 0 Å². The number of hydrogen-bond acceptors (Lipinski definition) is 6. The fourth-order valence-corrected chi connectivity index (χ4v) is 5.80. The van der Waals surface area contributed by atoms with Crippen molar-refractivity contribution in [2.24, 2.45) is 0 Å². The van der Waals surface area contributed by atoms with Gasteiger partial charge >= 0.3 is 0 Å². The summed E-state index contributed by atoms with van der Waals surface area (Å²) in [6, 6.07) is 9.13. The van der Waals surface area contributed by atoms with Gasteiger partial charge in [-0.1, -0.05) is 35.2 Å². The second-order valence-electron chi connectivity index (χ2n) is 7.30. The van der Waals surface area contributed by atoms with Crippen molar-refractivity contribution in [2.45, 2.75) is 13.3 Å². The van der Waals surface area contributed by atoms with Crippen LogP contribution in [-0.4, -0.2) is 43.9 Å². The van der Waals surface area contributed by atoms with E-state index < -0.39 is 0 Å². The van der Waals surface area contributed by atoms with Gasteiger partial charge in [-0.15, -0.1) is 0 Å². The van der Waals surface area contributed by atoms with Crippen LogP contribution >= 0.6 is 23.1 Å². The highest BCUT2D eigenvalue weighted by atomic mass is 32.1. The summed E-state index contributed by atoms with van der Waals surface area (Å²) < 4.78 is 31.8. The molecule has 0 N–H and O–H groups in total. The Kier molecular flexibility index (Phi) is 5.02. The van der Waals surface area contributed by atoms with Crippen molar-refractivity contribution in [3.8, 4) is 0 Å². The molecule has 0 spiro atoms. The summed E-state index contributed by atoms with van der Waals surface area (Å²) in [5.74, 6) is -0.744. The van der Waals surface area contributed by atoms with E-state index in [0.29, 0.717) is 33.5 Å². The van der Waals surface area contributed by atoms with Gasteiger partial charge in [-0.3, -0.25) is 19.4 Å². The predicted octanol–water partition coefficient (Wildman–Crippen LogP) is 2.95. The standard InChI is InChI=1S/C20H18F2N4O2S2/c21-15-5-1-3-13-17(15)29-25(19(13)27)11-23-7-9-24(10-8-23)12-26-20(28)14-4-2-6-16(22)18(14)30-26/h1-6H,7-12H2. The Morgan fingerprint density at radius 1 is 0.700 bits per heavy atom. The van der Waals surface area contributed by atoms with Crippen molar-refractivity contribution in [1.82, 2.24) is 17.7 Å². The first-order chi connectivity index (χ1) is 14.5. The first kappa shape index (κ1) is 19.6. The van der Waals surface area contributed by atoms with Crippen molar-refractivity contribution in [3.63, 3.8) is 0 Å². The number of hydrogen-bond donors (Lipinski definition) is 0. The third-order valence-corrected chi connectivity index (χ3v) is 7.57. The molecule has 1 aliphatic heterocycles. The van der Waals surface area contributed by atoms with Crippen molar-refractivity contribution in [1.29, 1.82) is 0 Å². The zero-order valence-electron chi connectivity index (χ0n) is 15.9. The molecule has 5 rings (SSSR count). The maximum Gasteiger partial charge on any atom is 0.269 e. The number of fused-ring (bicyclic) bond motifs is 2. The Labute approximate surface area is 178 Å². The number of benzene rings is 2. The van der Waals surface area contributed by atoms with Gasteiger partial charge in [0.15, 0.2) is 0 Å². The van der Waals surface area contributed by atoms with Crippen LogP contribution in [0.1, 0.15) is 0 Å². The summed E-state index contributed by atoms with van der Waals surface area (Å²) in [6.45, 7) is 3.71. The molecule has 10 heteroatoms. The lowest BCUT2D eigenvalue weighted by atomic mass is 10.3. The number of nitrogens with zero attached hydrogens (tertiary/aromatic N) is 4. The topological polar surface area (TPSA) is 50.5 Å². The molecule has 1 fully saturated rings. The van der Waals surface area contributed by atoms with Crippen LogP contribution in [0.4, 0.5) is 8.78 Å². The molecule has 156 valence electrons. The van der Waals surface area contributed by atoms with Crippen LogP contribution in [0.2, 0.25) is 0 Å². The van der Waals surface area contributed by atoms with E-state index in [1.807, 2.05) is 0 Å². The number of piperazine rings is 1. The quantitative estimate of drug-likeness (QED) is 0.482. The van der Waals surface area contributed by atoms with Gasteiger partial charge in [0.2, 0.25) is 0 Å². The molecule has 0 atom stereocenters. The highest BCUT2D eigenvalue weighted by Crippen LogP contribution is 2.22. The van der Waals surface area contributed by atoms with E-state index in [4.69, 9.17) is 0 Å². The number of aromatic nitrogens is 2. The molecule has 0 saturated carbocycles. The smallest absolute Gasteiger partial charge is 0.269 e. The van der Waals surface area contributed by atoms with Gasteiger partial charge in [0.25, 0.3) is 11.1 Å². The van der Waals surface area contributed by atoms with Gasteiger partial charge in [0.05, 0.1) is 33.5 Å². The minimum atomic E-state index is -0.372. The lowest BCUT2D eigenvalue weighted by Gasteiger charge is -2.34. The summed E-state index contributed by atoms with van der Waals surface area (Å²) in [5, 5.41) is 0.824. The molecule has 1 saturated heterocycles. The van der Waals surface area contributed by atoms with Crippen molar-refractivity contribution < 1.29 is 8.78 Å². The van der Waals surface area contributed by atoms with Gasteiger partial charge in [-0.25, -0.2) is 16.7 Å². The minimum absolute atomic E-state index is 0.171. The number of halogens is 2. The fourth-order valence-electron chi connectivity index (χ4n) is 3.73. The van der Waals surface area contributed by atoms with E-state index in [1.54, 1.807) is 32.2 Å². The Hall–Kier alpha value is -2.40. The molecule has 3 heterocycles. The molecule has 0 aliphatic carbocycles. The van der Waals surface area contributed by atoms with Gasteiger partial charge in [0.1, 0.15) is 11.6 Å². The molecule has 1 aliphatic rings. The van der Waals surface area contributed by atoms with Crippen LogP contribution in [0, 0.1) is 11.6 Å². The van der Waals surface area contributed by atoms with Gasteiger partial charge in [-0.05, 0) is 24.3 Å². The average Bonchev–Trinajstić information content (AvgIpc) is 3.23. The maximum absolute atomic E-state index is 13.9. The second kappa shape index (κ2) is 7.69. The molecular weight excluding hydrogens is 430 g/mol. The molecule has 0 radical (unpaired) electrons. The van der Waals surface area contributed by atoms with E-state index >= 15 is 0 Å². The van der Waals surface area contributed by atoms with Crippen molar-refractivity contribution in [3.05, 3.63) is 68.7 Å². The molecule has 0 bridgehead atoms. The van der Waals surface area contributed by atoms with Crippen molar-refractivity contribution in [2.75, 3.05) is 26.2 Å². The lowest BCUT2D eigenvalue weighted by molar-refractivity contribution is 0.0913. The van der Waals surface area contributed by atoms with E-state index in [9.17, 15) is 18.4 Å². The lowest BCUT2D eigenvalue weighted by Crippen LogP contribution is -2.48. The average molecular weight is 449 g/mol. The van der Waals surface area contributed by atoms with E-state index in [1.165, 1.54) is 12.1 Å². The van der Waals surface area contributed by atoms with Gasteiger partial charge < -0.3 is 0 Å².